The van der Waals surface area contributed by atoms with Crippen molar-refractivity contribution in [2.45, 2.75) is 93.9 Å². The Morgan fingerprint density at radius 1 is 0.389 bits per heavy atom. The minimum Gasteiger partial charge on any atom is -0.140 e. The summed E-state index contributed by atoms with van der Waals surface area (Å²) in [6, 6.07) is 0. The zero-order valence-corrected chi connectivity index (χ0v) is 26.9. The summed E-state index contributed by atoms with van der Waals surface area (Å²) in [6.45, 7) is 28.6. The van der Waals surface area contributed by atoms with E-state index in [0.717, 1.165) is 0 Å². The van der Waals surface area contributed by atoms with Gasteiger partial charge >= 0.3 is 0 Å². The molecule has 0 N–H and O–H groups in total. The lowest BCUT2D eigenvalue weighted by atomic mass is 9.57. The molecule has 0 aliphatic heterocycles. The molecule has 0 unspecified atom stereocenters. The van der Waals surface area contributed by atoms with Crippen LogP contribution in [0.15, 0.2) is 0 Å². The van der Waals surface area contributed by atoms with Crippen molar-refractivity contribution in [2.75, 3.05) is 0 Å². The van der Waals surface area contributed by atoms with E-state index in [0.29, 0.717) is 0 Å². The van der Waals surface area contributed by atoms with Crippen molar-refractivity contribution in [3.05, 3.63) is 54.3 Å². The third-order valence-electron chi connectivity index (χ3n) is 9.72. The molecule has 36 heavy (non-hydrogen) atoms. The lowest BCUT2D eigenvalue weighted by Gasteiger charge is -2.47. The highest BCUT2D eigenvalue weighted by molar-refractivity contribution is 7.29. The minimum absolute atomic E-state index is 0.0696. The molecule has 4 heteroatoms. The monoisotopic (exact) mass is 548 g/mol. The summed E-state index contributed by atoms with van der Waals surface area (Å²) in [7, 11) is 0. The van der Waals surface area contributed by atoms with Gasteiger partial charge in [-0.2, -0.15) is 0 Å². The van der Waals surface area contributed by atoms with Gasteiger partial charge in [-0.3, -0.25) is 0 Å². The Morgan fingerprint density at radius 2 is 0.833 bits per heavy atom. The van der Waals surface area contributed by atoms with Crippen LogP contribution in [0.4, 0.5) is 0 Å². The van der Waals surface area contributed by atoms with Gasteiger partial charge in [-0.25, -0.2) is 0 Å². The maximum atomic E-state index is 2.48. The Hall–Kier alpha value is -1.46. The summed E-state index contributed by atoms with van der Waals surface area (Å²) in [6.07, 6.45) is 0. The zero-order valence-electron chi connectivity index (χ0n) is 23.6. The molecule has 0 saturated heterocycles. The van der Waals surface area contributed by atoms with Crippen LogP contribution in [0.3, 0.4) is 0 Å². The highest BCUT2D eigenvalue weighted by Crippen LogP contribution is 2.62. The summed E-state index contributed by atoms with van der Waals surface area (Å²) < 4.78 is 2.98. The fourth-order valence-electron chi connectivity index (χ4n) is 6.82. The molecule has 1 aliphatic carbocycles. The number of benzene rings is 1. The van der Waals surface area contributed by atoms with Gasteiger partial charge < -0.3 is 0 Å². The normalized spacial score (nSPS) is 16.2. The predicted molar refractivity (Wildman–Crippen MR) is 168 cm³/mol. The van der Waals surface area contributed by atoms with Crippen LogP contribution in [0.25, 0.3) is 39.7 Å². The Kier molecular flexibility index (Phi) is 5.22. The van der Waals surface area contributed by atoms with E-state index >= 15 is 0 Å². The fraction of sp³-hybridized carbons (Fsp3) is 0.438. The van der Waals surface area contributed by atoms with E-state index in [1.165, 1.54) is 82.8 Å². The van der Waals surface area contributed by atoms with Crippen LogP contribution in [-0.4, -0.2) is 0 Å². The summed E-state index contributed by atoms with van der Waals surface area (Å²) in [4.78, 5) is 8.96. The number of rotatable bonds is 1. The van der Waals surface area contributed by atoms with Gasteiger partial charge in [0.1, 0.15) is 0 Å². The third kappa shape index (κ3) is 2.80. The molecule has 0 amide bonds. The van der Waals surface area contributed by atoms with Crippen molar-refractivity contribution in [3.8, 4) is 19.5 Å². The van der Waals surface area contributed by atoms with Crippen LogP contribution < -0.4 is 0 Å². The summed E-state index contributed by atoms with van der Waals surface area (Å²) in [5.41, 5.74) is 12.2. The SMILES string of the molecule is Cc1sc2c(c1C)C(C)(C)C(C)(C)c1c-2sc(-c2sc3c(C)c4c(C)c(C)sc4c(C)c3c2C)c1C. The molecule has 4 heterocycles. The van der Waals surface area contributed by atoms with Gasteiger partial charge in [0.2, 0.25) is 0 Å². The van der Waals surface area contributed by atoms with E-state index in [1.54, 1.807) is 11.1 Å². The predicted octanol–water partition coefficient (Wildman–Crippen LogP) is 11.6. The first-order valence-corrected chi connectivity index (χ1v) is 16.1. The standard InChI is InChI=1S/C32H36S4/c1-13-19(7)33-25-16(4)22-17(5)27(35-26(22)15(3)21(13)25)28-18(6)24-30(36-28)29-23(14(2)20(8)34-29)31(9,10)32(24,11)12/h1-12H3. The Balaban J connectivity index is 1.69. The Bertz CT molecular complexity index is 1750. The van der Waals surface area contributed by atoms with Gasteiger partial charge in [-0.15, -0.1) is 45.3 Å². The average Bonchev–Trinajstić information content (AvgIpc) is 3.49. The van der Waals surface area contributed by atoms with E-state index in [2.05, 4.69) is 94.4 Å². The fourth-order valence-corrected chi connectivity index (χ4v) is 12.6. The van der Waals surface area contributed by atoms with Crippen LogP contribution in [0.1, 0.15) is 82.0 Å². The quantitative estimate of drug-likeness (QED) is 0.195. The first kappa shape index (κ1) is 24.9. The molecule has 0 atom stereocenters. The van der Waals surface area contributed by atoms with Crippen molar-refractivity contribution < 1.29 is 0 Å². The van der Waals surface area contributed by atoms with E-state index in [9.17, 15) is 0 Å². The zero-order chi connectivity index (χ0) is 26.2. The molecule has 5 aromatic rings. The molecule has 6 rings (SSSR count). The van der Waals surface area contributed by atoms with Crippen molar-refractivity contribution in [1.29, 1.82) is 0 Å². The first-order chi connectivity index (χ1) is 16.7. The van der Waals surface area contributed by atoms with Gasteiger partial charge in [0.05, 0.1) is 0 Å². The highest BCUT2D eigenvalue weighted by atomic mass is 32.1. The summed E-state index contributed by atoms with van der Waals surface area (Å²) in [5, 5.41) is 2.99. The van der Waals surface area contributed by atoms with E-state index in [-0.39, 0.29) is 10.8 Å². The van der Waals surface area contributed by atoms with Crippen LogP contribution >= 0.6 is 45.3 Å². The average molecular weight is 549 g/mol. The van der Waals surface area contributed by atoms with Gasteiger partial charge in [0, 0.05) is 60.3 Å². The number of aryl methyl sites for hydroxylation is 6. The topological polar surface area (TPSA) is 0 Å². The second-order valence-electron chi connectivity index (χ2n) is 12.0. The molecular weight excluding hydrogens is 513 g/mol. The molecule has 0 nitrogen and oxygen atoms in total. The molecule has 1 aromatic carbocycles. The molecule has 0 bridgehead atoms. The summed E-state index contributed by atoms with van der Waals surface area (Å²) in [5.74, 6) is 0. The number of hydrogen-bond donors (Lipinski definition) is 0. The van der Waals surface area contributed by atoms with E-state index in [4.69, 9.17) is 0 Å². The van der Waals surface area contributed by atoms with Gasteiger partial charge in [0.25, 0.3) is 0 Å². The highest BCUT2D eigenvalue weighted by Gasteiger charge is 2.50. The molecular formula is C32H36S4. The van der Waals surface area contributed by atoms with Crippen molar-refractivity contribution >= 4 is 65.5 Å². The maximum Gasteiger partial charge on any atom is 0.0493 e. The smallest absolute Gasteiger partial charge is 0.0493 e. The number of thiophene rings is 4. The van der Waals surface area contributed by atoms with Crippen LogP contribution in [0.5, 0.6) is 0 Å². The van der Waals surface area contributed by atoms with E-state index in [1.807, 2.05) is 34.0 Å². The van der Waals surface area contributed by atoms with Gasteiger partial charge in [-0.1, -0.05) is 27.7 Å². The van der Waals surface area contributed by atoms with Crippen LogP contribution in [0.2, 0.25) is 0 Å². The molecule has 188 valence electrons. The number of fused-ring (bicyclic) bond motifs is 5. The Labute approximate surface area is 232 Å². The molecule has 4 aromatic heterocycles. The molecule has 0 spiro atoms. The van der Waals surface area contributed by atoms with Crippen molar-refractivity contribution in [2.24, 2.45) is 0 Å². The van der Waals surface area contributed by atoms with Crippen molar-refractivity contribution in [3.63, 3.8) is 0 Å². The lowest BCUT2D eigenvalue weighted by molar-refractivity contribution is 0.299. The Morgan fingerprint density at radius 3 is 1.44 bits per heavy atom. The second-order valence-corrected chi connectivity index (χ2v) is 16.5. The van der Waals surface area contributed by atoms with Crippen LogP contribution in [-0.2, 0) is 10.8 Å². The van der Waals surface area contributed by atoms with E-state index < -0.39 is 0 Å². The second kappa shape index (κ2) is 7.56. The first-order valence-electron chi connectivity index (χ1n) is 12.9. The minimum atomic E-state index is 0.0696. The van der Waals surface area contributed by atoms with Gasteiger partial charge in [0.15, 0.2) is 0 Å². The molecule has 0 radical (unpaired) electrons. The molecule has 1 aliphatic rings. The largest absolute Gasteiger partial charge is 0.140 e. The molecule has 0 fully saturated rings. The maximum absolute atomic E-state index is 2.48. The summed E-state index contributed by atoms with van der Waals surface area (Å²) >= 11 is 8.09. The van der Waals surface area contributed by atoms with Crippen LogP contribution in [0, 0.1) is 55.4 Å². The number of hydrogen-bond acceptors (Lipinski definition) is 4. The van der Waals surface area contributed by atoms with Gasteiger partial charge in [-0.05, 0) is 99.9 Å². The lowest BCUT2D eigenvalue weighted by Crippen LogP contribution is -2.43. The van der Waals surface area contributed by atoms with Crippen molar-refractivity contribution in [1.82, 2.24) is 0 Å². The molecule has 0 saturated carbocycles. The third-order valence-corrected chi connectivity index (χ3v) is 15.3.